The van der Waals surface area contributed by atoms with E-state index in [-0.39, 0.29) is 23.7 Å². The molecular formula is C30H23Cl2F3N6O4. The van der Waals surface area contributed by atoms with E-state index in [4.69, 9.17) is 37.4 Å². The molecule has 1 N–H and O–H groups in total. The van der Waals surface area contributed by atoms with Crippen LogP contribution in [0.25, 0.3) is 16.9 Å². The lowest BCUT2D eigenvalue weighted by molar-refractivity contribution is -0.319. The Hall–Kier alpha value is -3.85. The fourth-order valence-corrected chi connectivity index (χ4v) is 5.97. The summed E-state index contributed by atoms with van der Waals surface area (Å²) in [6, 6.07) is 14.7. The van der Waals surface area contributed by atoms with Crippen molar-refractivity contribution in [2.75, 3.05) is 6.61 Å². The first-order valence-electron chi connectivity index (χ1n) is 13.8. The van der Waals surface area contributed by atoms with E-state index < -0.39 is 54.2 Å². The maximum Gasteiger partial charge on any atom is 0.194 e. The summed E-state index contributed by atoms with van der Waals surface area (Å²) in [4.78, 5) is 4.56. The molecule has 0 radical (unpaired) electrons. The molecule has 232 valence electrons. The van der Waals surface area contributed by atoms with Gasteiger partial charge in [-0.15, -0.1) is 5.10 Å². The molecule has 0 spiro atoms. The molecule has 7 rings (SSSR count). The molecule has 2 aliphatic heterocycles. The Labute approximate surface area is 263 Å². The summed E-state index contributed by atoms with van der Waals surface area (Å²) in [5.41, 5.74) is 1.15. The summed E-state index contributed by atoms with van der Waals surface area (Å²) >= 11 is 12.8. The highest BCUT2D eigenvalue weighted by Crippen LogP contribution is 2.44. The Morgan fingerprint density at radius 2 is 1.73 bits per heavy atom. The van der Waals surface area contributed by atoms with Crippen LogP contribution in [-0.2, 0) is 14.2 Å². The van der Waals surface area contributed by atoms with Crippen molar-refractivity contribution >= 4 is 23.2 Å². The van der Waals surface area contributed by atoms with Crippen molar-refractivity contribution in [3.63, 3.8) is 0 Å². The van der Waals surface area contributed by atoms with E-state index in [2.05, 4.69) is 20.4 Å². The lowest BCUT2D eigenvalue weighted by Crippen LogP contribution is -2.57. The third kappa shape index (κ3) is 5.49. The Balaban J connectivity index is 1.30. The predicted octanol–water partition coefficient (Wildman–Crippen LogP) is 5.71. The van der Waals surface area contributed by atoms with Gasteiger partial charge in [0, 0.05) is 16.1 Å². The van der Waals surface area contributed by atoms with E-state index in [1.165, 1.54) is 15.6 Å². The molecule has 2 fully saturated rings. The lowest BCUT2D eigenvalue weighted by atomic mass is 9.91. The van der Waals surface area contributed by atoms with Gasteiger partial charge in [0.1, 0.15) is 42.0 Å². The van der Waals surface area contributed by atoms with Crippen LogP contribution in [0.1, 0.15) is 35.6 Å². The fraction of sp³-hybridized carbons (Fsp3) is 0.267. The first-order chi connectivity index (χ1) is 21.7. The highest BCUT2D eigenvalue weighted by molar-refractivity contribution is 6.34. The fourth-order valence-electron chi connectivity index (χ4n) is 5.61. The first kappa shape index (κ1) is 29.8. The molecule has 4 heterocycles. The summed E-state index contributed by atoms with van der Waals surface area (Å²) < 4.78 is 63.3. The van der Waals surface area contributed by atoms with Gasteiger partial charge in [-0.1, -0.05) is 58.7 Å². The number of benzene rings is 3. The highest BCUT2D eigenvalue weighted by atomic mass is 35.5. The topological polar surface area (TPSA) is 109 Å². The van der Waals surface area contributed by atoms with Crippen LogP contribution >= 0.6 is 23.2 Å². The van der Waals surface area contributed by atoms with Crippen molar-refractivity contribution in [2.45, 2.75) is 43.7 Å². The van der Waals surface area contributed by atoms with Crippen molar-refractivity contribution < 1.29 is 32.5 Å². The zero-order chi connectivity index (χ0) is 31.4. The number of aliphatic hydroxyl groups excluding tert-OH is 1. The average molecular weight is 659 g/mol. The predicted molar refractivity (Wildman–Crippen MR) is 154 cm³/mol. The largest absolute Gasteiger partial charge is 0.388 e. The second-order valence-corrected chi connectivity index (χ2v) is 11.5. The number of aryl methyl sites for hydroxylation is 1. The first-order valence-corrected chi connectivity index (χ1v) is 14.5. The Bertz CT molecular complexity index is 1850. The van der Waals surface area contributed by atoms with Crippen molar-refractivity contribution in [3.05, 3.63) is 112 Å². The van der Waals surface area contributed by atoms with E-state index in [1.54, 1.807) is 25.1 Å². The summed E-state index contributed by atoms with van der Waals surface area (Å²) in [6.45, 7) is 1.75. The highest BCUT2D eigenvalue weighted by Gasteiger charge is 2.52. The van der Waals surface area contributed by atoms with Gasteiger partial charge in [-0.2, -0.15) is 5.10 Å². The van der Waals surface area contributed by atoms with Gasteiger partial charge >= 0.3 is 0 Å². The van der Waals surface area contributed by atoms with Crippen LogP contribution in [0.2, 0.25) is 10.0 Å². The summed E-state index contributed by atoms with van der Waals surface area (Å²) in [7, 11) is 0. The smallest absolute Gasteiger partial charge is 0.194 e. The Kier molecular flexibility index (Phi) is 7.84. The summed E-state index contributed by atoms with van der Waals surface area (Å²) in [6.07, 6.45) is -3.46. The molecule has 2 aliphatic rings. The number of rotatable bonds is 5. The molecule has 15 heteroatoms. The van der Waals surface area contributed by atoms with Gasteiger partial charge in [0.05, 0.1) is 23.5 Å². The zero-order valence-electron chi connectivity index (χ0n) is 23.3. The Morgan fingerprint density at radius 3 is 2.49 bits per heavy atom. The molecule has 3 aromatic carbocycles. The van der Waals surface area contributed by atoms with Gasteiger partial charge in [0.2, 0.25) is 0 Å². The van der Waals surface area contributed by atoms with E-state index in [1.807, 2.05) is 30.3 Å². The minimum atomic E-state index is -1.60. The minimum absolute atomic E-state index is 0.0379. The maximum absolute atomic E-state index is 14.1. The number of aromatic nitrogens is 6. The molecule has 0 aliphatic carbocycles. The molecule has 5 aromatic rings. The molecule has 2 aromatic heterocycles. The summed E-state index contributed by atoms with van der Waals surface area (Å²) in [5, 5.41) is 25.5. The van der Waals surface area contributed by atoms with E-state index in [0.717, 1.165) is 17.7 Å². The number of hydrogen-bond acceptors (Lipinski definition) is 8. The molecule has 0 bridgehead atoms. The molecule has 2 saturated heterocycles. The number of fused-ring (bicyclic) bond motifs is 1. The van der Waals surface area contributed by atoms with E-state index in [9.17, 15) is 18.3 Å². The number of ether oxygens (including phenoxy) is 3. The molecule has 6 atom stereocenters. The van der Waals surface area contributed by atoms with Gasteiger partial charge < -0.3 is 19.3 Å². The molecule has 6 unspecified atom stereocenters. The third-order valence-corrected chi connectivity index (χ3v) is 8.23. The van der Waals surface area contributed by atoms with Crippen molar-refractivity contribution in [3.8, 4) is 16.9 Å². The zero-order valence-corrected chi connectivity index (χ0v) is 24.8. The monoisotopic (exact) mass is 658 g/mol. The second kappa shape index (κ2) is 11.8. The van der Waals surface area contributed by atoms with Crippen LogP contribution in [0.3, 0.4) is 0 Å². The third-order valence-electron chi connectivity index (χ3n) is 7.67. The van der Waals surface area contributed by atoms with Crippen LogP contribution < -0.4 is 0 Å². The quantitative estimate of drug-likeness (QED) is 0.239. The van der Waals surface area contributed by atoms with Crippen LogP contribution in [0, 0.1) is 24.4 Å². The van der Waals surface area contributed by atoms with Crippen molar-refractivity contribution in [1.29, 1.82) is 0 Å². The van der Waals surface area contributed by atoms with Crippen molar-refractivity contribution in [2.24, 2.45) is 0 Å². The standard InChI is InChI=1S/C30H23Cl2F3N6O4/c1-14-36-29(41(38-14)22-11-17(31)7-8-18(22)32)28-26(42)25(27-23(44-28)13-43-30(45-27)15-5-3-2-4-6-15)40-12-21(37-39-40)16-9-19(33)24(35)20(34)10-16/h2-12,23,25-28,30,42H,13H2,1H3. The summed E-state index contributed by atoms with van der Waals surface area (Å²) in [5.74, 6) is -3.75. The molecule has 10 nitrogen and oxygen atoms in total. The number of hydrogen-bond donors (Lipinski definition) is 1. The van der Waals surface area contributed by atoms with Gasteiger partial charge in [0.15, 0.2) is 29.6 Å². The molecule has 0 saturated carbocycles. The van der Waals surface area contributed by atoms with E-state index in [0.29, 0.717) is 21.6 Å². The second-order valence-electron chi connectivity index (χ2n) is 10.6. The lowest BCUT2D eigenvalue weighted by Gasteiger charge is -2.47. The Morgan fingerprint density at radius 1 is 0.978 bits per heavy atom. The number of halogens is 5. The minimum Gasteiger partial charge on any atom is -0.388 e. The molecular weight excluding hydrogens is 636 g/mol. The van der Waals surface area contributed by atoms with Crippen LogP contribution in [0.5, 0.6) is 0 Å². The van der Waals surface area contributed by atoms with Gasteiger partial charge in [-0.25, -0.2) is 27.5 Å². The number of nitrogens with zero attached hydrogens (tertiary/aromatic N) is 6. The molecule has 0 amide bonds. The number of aliphatic hydroxyl groups is 1. The van der Waals surface area contributed by atoms with Crippen LogP contribution in [0.15, 0.2) is 66.9 Å². The average Bonchev–Trinajstić information content (AvgIpc) is 3.67. The normalized spacial score (nSPS) is 24.9. The van der Waals surface area contributed by atoms with Crippen molar-refractivity contribution in [1.82, 2.24) is 29.8 Å². The van der Waals surface area contributed by atoms with Crippen LogP contribution in [0.4, 0.5) is 13.2 Å². The SMILES string of the molecule is Cc1nc(C2OC3COC(c4ccccc4)OC3C(n3cc(-c4cc(F)c(F)c(F)c4)nn3)C2O)n(-c2cc(Cl)ccc2Cl)n1. The van der Waals surface area contributed by atoms with Gasteiger partial charge in [-0.3, -0.25) is 0 Å². The van der Waals surface area contributed by atoms with Gasteiger partial charge in [0.25, 0.3) is 0 Å². The van der Waals surface area contributed by atoms with Crippen LogP contribution in [-0.4, -0.2) is 59.8 Å². The molecule has 45 heavy (non-hydrogen) atoms. The maximum atomic E-state index is 14.1. The van der Waals surface area contributed by atoms with Gasteiger partial charge in [-0.05, 0) is 37.3 Å². The van der Waals surface area contributed by atoms with E-state index >= 15 is 0 Å².